The number of benzene rings is 2. The first-order valence-corrected chi connectivity index (χ1v) is 10.6. The molecule has 2 aliphatic rings. The van der Waals surface area contributed by atoms with Gasteiger partial charge in [0.25, 0.3) is 0 Å². The van der Waals surface area contributed by atoms with Crippen LogP contribution >= 0.6 is 12.4 Å². The van der Waals surface area contributed by atoms with E-state index < -0.39 is 0 Å². The van der Waals surface area contributed by atoms with E-state index in [1.54, 1.807) is 0 Å². The number of rotatable bonds is 6. The lowest BCUT2D eigenvalue weighted by atomic mass is 9.83. The van der Waals surface area contributed by atoms with E-state index in [1.165, 1.54) is 22.4 Å². The van der Waals surface area contributed by atoms with Gasteiger partial charge in [-0.3, -0.25) is 5.01 Å². The summed E-state index contributed by atoms with van der Waals surface area (Å²) in [7, 11) is 6.51. The van der Waals surface area contributed by atoms with Gasteiger partial charge in [0.2, 0.25) is 0 Å². The SMILES string of the molecule is CN(C)CCCN1N=C2/C(=C/c3ccccc3)CN(C)CC2C1c1ccccc1.Cl. The Morgan fingerprint density at radius 2 is 1.70 bits per heavy atom. The first-order chi connectivity index (χ1) is 14.1. The van der Waals surface area contributed by atoms with Crippen LogP contribution in [0.1, 0.15) is 23.6 Å². The molecule has 0 radical (unpaired) electrons. The molecule has 0 N–H and O–H groups in total. The van der Waals surface area contributed by atoms with Gasteiger partial charge in [-0.15, -0.1) is 12.4 Å². The van der Waals surface area contributed by atoms with Crippen molar-refractivity contribution in [3.05, 3.63) is 77.4 Å². The Kier molecular flexibility index (Phi) is 7.70. The zero-order valence-corrected chi connectivity index (χ0v) is 19.1. The number of fused-ring (bicyclic) bond motifs is 1. The minimum absolute atomic E-state index is 0. The van der Waals surface area contributed by atoms with E-state index in [0.29, 0.717) is 12.0 Å². The van der Waals surface area contributed by atoms with Gasteiger partial charge in [-0.2, -0.15) is 5.10 Å². The lowest BCUT2D eigenvalue weighted by molar-refractivity contribution is 0.172. The third-order valence-corrected chi connectivity index (χ3v) is 5.84. The second-order valence-corrected chi connectivity index (χ2v) is 8.54. The van der Waals surface area contributed by atoms with E-state index in [9.17, 15) is 0 Å². The smallest absolute Gasteiger partial charge is 0.0816 e. The molecule has 1 saturated heterocycles. The van der Waals surface area contributed by atoms with Crippen molar-refractivity contribution >= 4 is 24.2 Å². The van der Waals surface area contributed by atoms with Gasteiger partial charge in [-0.1, -0.05) is 60.7 Å². The largest absolute Gasteiger partial charge is 0.309 e. The minimum atomic E-state index is 0. The first kappa shape index (κ1) is 22.5. The van der Waals surface area contributed by atoms with Crippen molar-refractivity contribution < 1.29 is 0 Å². The van der Waals surface area contributed by atoms with Crippen molar-refractivity contribution in [2.75, 3.05) is 47.3 Å². The number of likely N-dealkylation sites (tertiary alicyclic amines) is 1. The van der Waals surface area contributed by atoms with Gasteiger partial charge in [-0.05, 0) is 56.9 Å². The standard InChI is InChI=1S/C25H32N4.ClH/c1-27(2)15-10-16-29-25(21-13-8-5-9-14-21)23-19-28(3)18-22(24(23)26-29)17-20-11-6-4-7-12-20;/h4-9,11-14,17,23,25H,10,15-16,18-19H2,1-3H3;1H/b22-17+;. The molecule has 2 aliphatic heterocycles. The maximum atomic E-state index is 5.21. The fourth-order valence-electron chi connectivity index (χ4n) is 4.56. The van der Waals surface area contributed by atoms with E-state index in [2.05, 4.69) is 103 Å². The average molecular weight is 425 g/mol. The van der Waals surface area contributed by atoms with Crippen molar-refractivity contribution in [1.82, 2.24) is 14.8 Å². The third kappa shape index (κ3) is 5.12. The van der Waals surface area contributed by atoms with Crippen molar-refractivity contribution in [3.63, 3.8) is 0 Å². The highest BCUT2D eigenvalue weighted by molar-refractivity contribution is 6.07. The monoisotopic (exact) mass is 424 g/mol. The molecule has 0 amide bonds. The van der Waals surface area contributed by atoms with Crippen molar-refractivity contribution in [2.24, 2.45) is 11.0 Å². The summed E-state index contributed by atoms with van der Waals surface area (Å²) in [6, 6.07) is 21.9. The normalized spacial score (nSPS) is 22.7. The van der Waals surface area contributed by atoms with Crippen molar-refractivity contribution in [1.29, 1.82) is 0 Å². The Morgan fingerprint density at radius 1 is 1.03 bits per heavy atom. The molecule has 1 fully saturated rings. The molecule has 0 spiro atoms. The summed E-state index contributed by atoms with van der Waals surface area (Å²) in [5, 5.41) is 7.57. The molecule has 2 unspecified atom stereocenters. The second-order valence-electron chi connectivity index (χ2n) is 8.54. The molecule has 2 atom stereocenters. The number of hydrogen-bond donors (Lipinski definition) is 0. The molecule has 2 aromatic rings. The lowest BCUT2D eigenvalue weighted by Gasteiger charge is -2.34. The minimum Gasteiger partial charge on any atom is -0.309 e. The van der Waals surface area contributed by atoms with Crippen LogP contribution in [0.4, 0.5) is 0 Å². The number of likely N-dealkylation sites (N-methyl/N-ethyl adjacent to an activating group) is 1. The number of halogens is 1. The fraction of sp³-hybridized carbons (Fsp3) is 0.400. The van der Waals surface area contributed by atoms with Crippen LogP contribution in [0.25, 0.3) is 6.08 Å². The molecule has 2 heterocycles. The van der Waals surface area contributed by atoms with Crippen LogP contribution in [-0.2, 0) is 0 Å². The lowest BCUT2D eigenvalue weighted by Crippen LogP contribution is -2.41. The Hall–Kier alpha value is -2.14. The Labute approximate surface area is 187 Å². The molecule has 5 heteroatoms. The van der Waals surface area contributed by atoms with Gasteiger partial charge in [0.1, 0.15) is 0 Å². The molecule has 2 aromatic carbocycles. The molecule has 0 aliphatic carbocycles. The van der Waals surface area contributed by atoms with Gasteiger partial charge in [-0.25, -0.2) is 0 Å². The van der Waals surface area contributed by atoms with Gasteiger partial charge in [0.15, 0.2) is 0 Å². The van der Waals surface area contributed by atoms with E-state index in [4.69, 9.17) is 5.10 Å². The third-order valence-electron chi connectivity index (χ3n) is 5.84. The van der Waals surface area contributed by atoms with Gasteiger partial charge < -0.3 is 9.80 Å². The Morgan fingerprint density at radius 3 is 2.37 bits per heavy atom. The number of hydrazone groups is 1. The highest BCUT2D eigenvalue weighted by Crippen LogP contribution is 2.40. The van der Waals surface area contributed by atoms with Crippen LogP contribution in [-0.4, -0.2) is 67.8 Å². The molecular formula is C25H33ClN4. The molecule has 160 valence electrons. The first-order valence-electron chi connectivity index (χ1n) is 10.6. The van der Waals surface area contributed by atoms with Crippen LogP contribution < -0.4 is 0 Å². The maximum absolute atomic E-state index is 5.21. The van der Waals surface area contributed by atoms with Crippen molar-refractivity contribution in [3.8, 4) is 0 Å². The molecule has 0 saturated carbocycles. The number of hydrogen-bond acceptors (Lipinski definition) is 4. The fourth-order valence-corrected chi connectivity index (χ4v) is 4.56. The summed E-state index contributed by atoms with van der Waals surface area (Å²) in [6.07, 6.45) is 3.44. The van der Waals surface area contributed by atoms with E-state index in [0.717, 1.165) is 32.6 Å². The zero-order chi connectivity index (χ0) is 20.2. The highest BCUT2D eigenvalue weighted by Gasteiger charge is 2.42. The Bertz CT molecular complexity index is 863. The van der Waals surface area contributed by atoms with E-state index in [-0.39, 0.29) is 12.4 Å². The van der Waals surface area contributed by atoms with Crippen LogP contribution in [0.5, 0.6) is 0 Å². The van der Waals surface area contributed by atoms with Crippen molar-refractivity contribution in [2.45, 2.75) is 12.5 Å². The van der Waals surface area contributed by atoms with Gasteiger partial charge in [0.05, 0.1) is 11.8 Å². The molecule has 0 aromatic heterocycles. The number of nitrogens with zero attached hydrogens (tertiary/aromatic N) is 4. The summed E-state index contributed by atoms with van der Waals surface area (Å²) in [5.74, 6) is 0.408. The summed E-state index contributed by atoms with van der Waals surface area (Å²) in [5.41, 5.74) is 5.26. The zero-order valence-electron chi connectivity index (χ0n) is 18.2. The van der Waals surface area contributed by atoms with Crippen LogP contribution in [0.2, 0.25) is 0 Å². The summed E-state index contributed by atoms with van der Waals surface area (Å²) < 4.78 is 0. The van der Waals surface area contributed by atoms with E-state index >= 15 is 0 Å². The predicted octanol–water partition coefficient (Wildman–Crippen LogP) is 4.42. The molecule has 4 rings (SSSR count). The number of piperidine rings is 1. The average Bonchev–Trinajstić information content (AvgIpc) is 3.07. The summed E-state index contributed by atoms with van der Waals surface area (Å²) >= 11 is 0. The molecule has 0 bridgehead atoms. The highest BCUT2D eigenvalue weighted by atomic mass is 35.5. The van der Waals surface area contributed by atoms with Crippen LogP contribution in [0, 0.1) is 5.92 Å². The Balaban J connectivity index is 0.00000256. The summed E-state index contributed by atoms with van der Waals surface area (Å²) in [6.45, 7) is 4.08. The topological polar surface area (TPSA) is 22.1 Å². The maximum Gasteiger partial charge on any atom is 0.0816 e. The quantitative estimate of drug-likeness (QED) is 0.685. The van der Waals surface area contributed by atoms with Crippen LogP contribution in [0.3, 0.4) is 0 Å². The molecule has 4 nitrogen and oxygen atoms in total. The van der Waals surface area contributed by atoms with E-state index in [1.807, 2.05) is 0 Å². The van der Waals surface area contributed by atoms with Crippen LogP contribution in [0.15, 0.2) is 71.3 Å². The van der Waals surface area contributed by atoms with Gasteiger partial charge in [0, 0.05) is 25.6 Å². The van der Waals surface area contributed by atoms with Gasteiger partial charge >= 0.3 is 0 Å². The summed E-state index contributed by atoms with van der Waals surface area (Å²) in [4.78, 5) is 4.69. The molecular weight excluding hydrogens is 392 g/mol. The predicted molar refractivity (Wildman–Crippen MR) is 129 cm³/mol. The molecule has 30 heavy (non-hydrogen) atoms. The second kappa shape index (κ2) is 10.3.